The van der Waals surface area contributed by atoms with Gasteiger partial charge in [0.25, 0.3) is 21.8 Å². The van der Waals surface area contributed by atoms with Gasteiger partial charge in [0.15, 0.2) is 0 Å². The summed E-state index contributed by atoms with van der Waals surface area (Å²) in [5, 5.41) is 14.5. The Labute approximate surface area is 279 Å². The third-order valence-electron chi connectivity index (χ3n) is 8.05. The van der Waals surface area contributed by atoms with Gasteiger partial charge in [-0.05, 0) is 73.4 Å². The summed E-state index contributed by atoms with van der Waals surface area (Å²) in [6.07, 6.45) is -0.338. The van der Waals surface area contributed by atoms with Gasteiger partial charge in [0.1, 0.15) is 16.1 Å². The van der Waals surface area contributed by atoms with E-state index in [1.807, 2.05) is 26.1 Å². The van der Waals surface area contributed by atoms with E-state index in [9.17, 15) is 23.1 Å². The fourth-order valence-electron chi connectivity index (χ4n) is 5.38. The highest BCUT2D eigenvalue weighted by atomic mass is 32.2. The van der Waals surface area contributed by atoms with Gasteiger partial charge >= 0.3 is 0 Å². The maximum atomic E-state index is 13.8. The predicted molar refractivity (Wildman–Crippen MR) is 184 cm³/mol. The quantitative estimate of drug-likeness (QED) is 0.166. The van der Waals surface area contributed by atoms with Crippen LogP contribution in [0.3, 0.4) is 0 Å². The number of para-hydroxylation sites is 2. The van der Waals surface area contributed by atoms with Crippen molar-refractivity contribution in [3.8, 4) is 5.75 Å². The molecule has 1 aliphatic rings. The Bertz CT molecular complexity index is 1810. The number of aliphatic hydroxyl groups is 1. The third-order valence-corrected chi connectivity index (χ3v) is 10.8. The lowest BCUT2D eigenvalue weighted by molar-refractivity contribution is 0.0341. The number of carbonyl (C=O) groups excluding carboxylic acids is 2. The molecule has 5 N–H and O–H groups in total. The summed E-state index contributed by atoms with van der Waals surface area (Å²) >= 11 is 1.10. The number of hydrogen-bond donors (Lipinski definition) is 4. The van der Waals surface area contributed by atoms with Gasteiger partial charge in [0.2, 0.25) is 0 Å². The Hall–Kier alpha value is -4.43. The normalized spacial score (nSPS) is 17.3. The number of nitrogens with zero attached hydrogens (tertiary/aromatic N) is 2. The Kier molecular flexibility index (Phi) is 10.5. The molecule has 0 bridgehead atoms. The van der Waals surface area contributed by atoms with E-state index in [1.165, 1.54) is 12.1 Å². The van der Waals surface area contributed by atoms with Crippen molar-refractivity contribution in [1.29, 1.82) is 0 Å². The Morgan fingerprint density at radius 2 is 1.87 bits per heavy atom. The van der Waals surface area contributed by atoms with Crippen molar-refractivity contribution < 1.29 is 27.9 Å². The molecule has 47 heavy (non-hydrogen) atoms. The van der Waals surface area contributed by atoms with Crippen molar-refractivity contribution in [3.05, 3.63) is 101 Å². The number of fused-ring (bicyclic) bond motifs is 1. The Morgan fingerprint density at radius 3 is 2.55 bits per heavy atom. The molecule has 1 aromatic heterocycles. The van der Waals surface area contributed by atoms with Crippen LogP contribution in [0, 0.1) is 5.92 Å². The van der Waals surface area contributed by atoms with Crippen LogP contribution in [0.5, 0.6) is 5.75 Å². The second kappa shape index (κ2) is 14.6. The number of likely N-dealkylation sites (N-methyl/N-ethyl adjacent to an activating group) is 1. The maximum absolute atomic E-state index is 13.8. The van der Waals surface area contributed by atoms with E-state index in [-0.39, 0.29) is 45.9 Å². The molecule has 11 nitrogen and oxygen atoms in total. The molecule has 13 heteroatoms. The zero-order valence-corrected chi connectivity index (χ0v) is 28.1. The zero-order chi connectivity index (χ0) is 33.7. The summed E-state index contributed by atoms with van der Waals surface area (Å²) < 4.78 is 34.9. The van der Waals surface area contributed by atoms with E-state index in [2.05, 4.69) is 14.9 Å². The van der Waals surface area contributed by atoms with Crippen LogP contribution in [-0.4, -0.2) is 74.0 Å². The van der Waals surface area contributed by atoms with Gasteiger partial charge in [-0.15, -0.1) is 11.3 Å². The van der Waals surface area contributed by atoms with Gasteiger partial charge in [0.05, 0.1) is 29.6 Å². The SMILES string of the molecule is C[C@H]1CN([C@@H](C)CO)C(=O)c2cc(NS(=O)(=O)c3cccs3)ccc2O[C@H]1CN(C)Cc1ccc(C(=O)Nc2ccccc2N)cc1. The molecule has 2 heterocycles. The van der Waals surface area contributed by atoms with Crippen LogP contribution in [-0.2, 0) is 16.6 Å². The van der Waals surface area contributed by atoms with Crippen molar-refractivity contribution >= 4 is 50.2 Å². The van der Waals surface area contributed by atoms with Gasteiger partial charge in [-0.3, -0.25) is 19.2 Å². The monoisotopic (exact) mass is 677 g/mol. The highest BCUT2D eigenvalue weighted by molar-refractivity contribution is 7.94. The first-order valence-corrected chi connectivity index (χ1v) is 17.5. The molecule has 0 unspecified atom stereocenters. The molecule has 0 fully saturated rings. The molecule has 3 aromatic carbocycles. The molecule has 0 saturated heterocycles. The van der Waals surface area contributed by atoms with Gasteiger partial charge in [-0.1, -0.05) is 37.3 Å². The lowest BCUT2D eigenvalue weighted by atomic mass is 9.99. The first kappa shape index (κ1) is 33.9. The van der Waals surface area contributed by atoms with Gasteiger partial charge in [0, 0.05) is 36.8 Å². The van der Waals surface area contributed by atoms with E-state index in [4.69, 9.17) is 10.5 Å². The molecule has 3 atom stereocenters. The molecule has 0 aliphatic carbocycles. The number of nitrogens with two attached hydrogens (primary N) is 1. The number of rotatable bonds is 11. The molecular weight excluding hydrogens is 639 g/mol. The standard InChI is InChI=1S/C34H39N5O6S2/c1-22-18-39(23(2)21-40)34(42)27-17-26(37-47(43,44)32-9-6-16-46-32)14-15-30(27)45-31(22)20-38(3)19-24-10-12-25(13-11-24)33(41)36-29-8-5-4-7-28(29)35/h4-17,22-23,31,37,40H,18-21,35H2,1-3H3,(H,36,41)/t22-,23-,31-/m0/s1. The third kappa shape index (κ3) is 8.11. The highest BCUT2D eigenvalue weighted by Crippen LogP contribution is 2.32. The number of thiophene rings is 1. The van der Waals surface area contributed by atoms with Crippen LogP contribution in [0.25, 0.3) is 0 Å². The van der Waals surface area contributed by atoms with E-state index in [1.54, 1.807) is 71.8 Å². The van der Waals surface area contributed by atoms with E-state index in [0.29, 0.717) is 42.3 Å². The van der Waals surface area contributed by atoms with Crippen molar-refractivity contribution in [2.75, 3.05) is 42.5 Å². The lowest BCUT2D eigenvalue weighted by Gasteiger charge is -2.38. The minimum atomic E-state index is -3.82. The molecule has 2 amide bonds. The molecule has 1 aliphatic heterocycles. The minimum absolute atomic E-state index is 0.1000. The lowest BCUT2D eigenvalue weighted by Crippen LogP contribution is -2.49. The number of aliphatic hydroxyl groups excluding tert-OH is 1. The number of ether oxygens (including phenoxy) is 1. The summed E-state index contributed by atoms with van der Waals surface area (Å²) in [4.78, 5) is 30.2. The predicted octanol–water partition coefficient (Wildman–Crippen LogP) is 4.74. The van der Waals surface area contributed by atoms with Crippen molar-refractivity contribution in [1.82, 2.24) is 9.80 Å². The van der Waals surface area contributed by atoms with Crippen LogP contribution >= 0.6 is 11.3 Å². The van der Waals surface area contributed by atoms with Crippen LogP contribution in [0.1, 0.15) is 40.1 Å². The molecular formula is C34H39N5O6S2. The minimum Gasteiger partial charge on any atom is -0.488 e. The maximum Gasteiger partial charge on any atom is 0.271 e. The molecule has 4 aromatic rings. The first-order chi connectivity index (χ1) is 22.4. The molecule has 0 radical (unpaired) electrons. The van der Waals surface area contributed by atoms with Crippen LogP contribution in [0.15, 0.2) is 88.5 Å². The van der Waals surface area contributed by atoms with E-state index < -0.39 is 16.1 Å². The van der Waals surface area contributed by atoms with Gasteiger partial charge < -0.3 is 25.8 Å². The number of benzene rings is 3. The zero-order valence-electron chi connectivity index (χ0n) is 26.4. The number of hydrogen-bond acceptors (Lipinski definition) is 9. The van der Waals surface area contributed by atoms with E-state index in [0.717, 1.165) is 16.9 Å². The van der Waals surface area contributed by atoms with Crippen molar-refractivity contribution in [2.45, 2.75) is 36.7 Å². The number of carbonyl (C=O) groups is 2. The summed E-state index contributed by atoms with van der Waals surface area (Å²) in [6, 6.07) is 21.8. The second-order valence-corrected chi connectivity index (χ2v) is 14.7. The number of anilines is 3. The number of amides is 2. The summed E-state index contributed by atoms with van der Waals surface area (Å²) in [7, 11) is -1.86. The average Bonchev–Trinajstić information content (AvgIpc) is 3.61. The first-order valence-electron chi connectivity index (χ1n) is 15.2. The second-order valence-electron chi connectivity index (χ2n) is 11.8. The summed E-state index contributed by atoms with van der Waals surface area (Å²) in [5.41, 5.74) is 8.95. The largest absolute Gasteiger partial charge is 0.488 e. The molecule has 0 spiro atoms. The van der Waals surface area contributed by atoms with Crippen molar-refractivity contribution in [3.63, 3.8) is 0 Å². The average molecular weight is 678 g/mol. The highest BCUT2D eigenvalue weighted by Gasteiger charge is 2.34. The molecule has 248 valence electrons. The van der Waals surface area contributed by atoms with Gasteiger partial charge in [-0.25, -0.2) is 8.42 Å². The smallest absolute Gasteiger partial charge is 0.271 e. The molecule has 5 rings (SSSR count). The topological polar surface area (TPSA) is 154 Å². The van der Waals surface area contributed by atoms with Gasteiger partial charge in [-0.2, -0.15) is 0 Å². The summed E-state index contributed by atoms with van der Waals surface area (Å²) in [6.45, 7) is 4.97. The number of sulfonamides is 1. The number of nitrogens with one attached hydrogen (secondary N) is 2. The van der Waals surface area contributed by atoms with Crippen molar-refractivity contribution in [2.24, 2.45) is 5.92 Å². The fraction of sp³-hybridized carbons (Fsp3) is 0.294. The Morgan fingerprint density at radius 1 is 1.13 bits per heavy atom. The van der Waals surface area contributed by atoms with Crippen LogP contribution in [0.4, 0.5) is 17.1 Å². The Balaban J connectivity index is 1.31. The van der Waals surface area contributed by atoms with Crippen LogP contribution in [0.2, 0.25) is 0 Å². The molecule has 0 saturated carbocycles. The van der Waals surface area contributed by atoms with E-state index >= 15 is 0 Å². The fourth-order valence-corrected chi connectivity index (χ4v) is 7.42. The summed E-state index contributed by atoms with van der Waals surface area (Å²) in [5.74, 6) is -0.367. The number of nitrogen functional groups attached to an aromatic ring is 1. The van der Waals surface area contributed by atoms with Crippen LogP contribution < -0.4 is 20.5 Å².